The number of rotatable bonds is 5. The maximum atomic E-state index is 12.3. The molecule has 2 amide bonds. The molecule has 0 saturated heterocycles. The number of carbonyl (C=O) groups is 2. The van der Waals surface area contributed by atoms with E-state index in [1.54, 1.807) is 26.4 Å². The van der Waals surface area contributed by atoms with Crippen LogP contribution in [0.3, 0.4) is 0 Å². The van der Waals surface area contributed by atoms with Crippen molar-refractivity contribution < 1.29 is 87.7 Å². The molecule has 300 valence electrons. The minimum atomic E-state index is -0.220. The molecule has 2 fully saturated rings. The van der Waals surface area contributed by atoms with Crippen molar-refractivity contribution in [3.8, 4) is 11.5 Å². The molecule has 2 aliphatic rings. The smallest absolute Gasteiger partial charge is 2.00 e. The zero-order valence-electron chi connectivity index (χ0n) is 33.3. The van der Waals surface area contributed by atoms with E-state index in [2.05, 4.69) is 39.6 Å². The number of hydrogen-bond acceptors (Lipinski definition) is 7. The van der Waals surface area contributed by atoms with Crippen molar-refractivity contribution in [3.05, 3.63) is 63.1 Å². The fraction of sp³-hybridized carbons (Fsp3) is 0.575. The van der Waals surface area contributed by atoms with Crippen LogP contribution in [0.4, 0.5) is 0 Å². The van der Waals surface area contributed by atoms with Gasteiger partial charge in [0.25, 0.3) is 11.8 Å². The molecule has 2 aromatic carbocycles. The Kier molecular flexibility index (Phi) is 37.3. The van der Waals surface area contributed by atoms with Gasteiger partial charge in [0.2, 0.25) is 0 Å². The molecule has 53 heavy (non-hydrogen) atoms. The summed E-state index contributed by atoms with van der Waals surface area (Å²) < 4.78 is 19.7. The van der Waals surface area contributed by atoms with Crippen LogP contribution in [0, 0.1) is 9.99 Å². The number of hydrogen-bond donors (Lipinski definition) is 2. The van der Waals surface area contributed by atoms with Gasteiger partial charge in [0, 0.05) is 22.2 Å². The molecule has 2 N–H and O–H groups in total. The van der Waals surface area contributed by atoms with E-state index >= 15 is 0 Å². The van der Waals surface area contributed by atoms with Crippen molar-refractivity contribution in [2.45, 2.75) is 137 Å². The van der Waals surface area contributed by atoms with Gasteiger partial charge in [-0.25, -0.2) is 0 Å². The van der Waals surface area contributed by atoms with Crippen LogP contribution in [0.1, 0.15) is 152 Å². The van der Waals surface area contributed by atoms with Crippen molar-refractivity contribution in [2.24, 2.45) is 0 Å². The maximum absolute atomic E-state index is 12.3. The molecule has 13 heteroatoms. The van der Waals surface area contributed by atoms with E-state index in [-0.39, 0.29) is 59.4 Å². The normalized spacial score (nSPS) is 13.2. The first kappa shape index (κ1) is 58.3. The van der Waals surface area contributed by atoms with Gasteiger partial charge in [0.1, 0.15) is 11.5 Å². The van der Waals surface area contributed by atoms with E-state index in [1.807, 2.05) is 65.8 Å². The minimum absolute atomic E-state index is 0. The summed E-state index contributed by atoms with van der Waals surface area (Å²) in [7, 11) is 3.32. The van der Waals surface area contributed by atoms with Crippen molar-refractivity contribution in [1.29, 1.82) is 0 Å². The van der Waals surface area contributed by atoms with Crippen molar-refractivity contribution in [3.63, 3.8) is 0 Å². The minimum Gasteiger partial charge on any atom is 2.00 e. The molecule has 0 atom stereocenters. The van der Waals surface area contributed by atoms with Gasteiger partial charge in [-0.15, -0.1) is 0 Å². The predicted molar refractivity (Wildman–Crippen MR) is 210 cm³/mol. The maximum Gasteiger partial charge on any atom is 2.00 e. The summed E-state index contributed by atoms with van der Waals surface area (Å²) in [6.07, 6.45) is 18.8. The van der Waals surface area contributed by atoms with E-state index in [0.29, 0.717) is 11.5 Å². The SMILES string of the molecule is COc1ccc(C(=O)NC(C)(C)C)cc1C1CCCCC1.COc1ccc(C(=O)NC(C)(C)C)cc1I.C[C-]=O.C[C-]=O.[Br-].[CH-]1CCCCC1.[O]=[Pd].[Zn+2]. The number of methoxy groups -OCH3 is 2. The molecule has 0 bridgehead atoms. The van der Waals surface area contributed by atoms with Gasteiger partial charge in [-0.2, -0.15) is 26.7 Å². The molecule has 9 nitrogen and oxygen atoms in total. The summed E-state index contributed by atoms with van der Waals surface area (Å²) in [5, 5.41) is 5.94. The molecule has 4 rings (SSSR count). The molecular formula is C40H60BrIN2O7PdZn-2. The summed E-state index contributed by atoms with van der Waals surface area (Å²) in [6.45, 7) is 14.5. The standard InChI is InChI=1S/C18H27NO2.C12H16INO2.C6H11.2C2H3O.BrH.O.Pd.Zn/c1-18(2,3)19-17(20)14-10-11-16(21-4)15(12-14)13-8-6-5-7-9-13;1-12(2,3)14-11(15)8-5-6-10(16-4)9(13)7-8;1-2-4-6-5-3-1;2*1-2-3;;;;/h10-13H,5-9H2,1-4H3,(H,19,20);5-7H,1-4H3,(H,14,15);1H,2-6H2;2*1H3;1H;;;/q;;3*-1;;;;+2/p-1. The second-order valence-electron chi connectivity index (χ2n) is 13.9. The van der Waals surface area contributed by atoms with Gasteiger partial charge in [0.15, 0.2) is 0 Å². The molecule has 0 aliphatic heterocycles. The molecule has 2 aliphatic carbocycles. The number of carbonyl (C=O) groups excluding carboxylic acids is 4. The second-order valence-corrected chi connectivity index (χ2v) is 15.0. The number of nitrogens with one attached hydrogen (secondary N) is 2. The molecule has 0 spiro atoms. The second kappa shape index (κ2) is 33.9. The first-order chi connectivity index (χ1) is 24.1. The molecule has 0 unspecified atom stereocenters. The van der Waals surface area contributed by atoms with Crippen molar-refractivity contribution in [1.82, 2.24) is 10.6 Å². The van der Waals surface area contributed by atoms with Crippen LogP contribution in [-0.4, -0.2) is 49.7 Å². The predicted octanol–water partition coefficient (Wildman–Crippen LogP) is 6.37. The fourth-order valence-electron chi connectivity index (χ4n) is 5.14. The molecular weight excluding hydrogens is 999 g/mol. The van der Waals surface area contributed by atoms with Crippen LogP contribution in [-0.2, 0) is 51.7 Å². The van der Waals surface area contributed by atoms with Crippen LogP contribution in [0.25, 0.3) is 0 Å². The van der Waals surface area contributed by atoms with E-state index in [0.717, 1.165) is 20.6 Å². The molecule has 2 saturated carbocycles. The third-order valence-corrected chi connectivity index (χ3v) is 8.09. The van der Waals surface area contributed by atoms with Gasteiger partial charge in [-0.3, -0.25) is 22.2 Å². The molecule has 0 heterocycles. The Labute approximate surface area is 367 Å². The molecule has 0 aromatic heterocycles. The zero-order chi connectivity index (χ0) is 39.5. The van der Waals surface area contributed by atoms with Crippen LogP contribution in [0.2, 0.25) is 0 Å². The Morgan fingerprint density at radius 2 is 1.11 bits per heavy atom. The number of amides is 2. The first-order valence-electron chi connectivity index (χ1n) is 17.3. The van der Waals surface area contributed by atoms with Crippen molar-refractivity contribution >= 4 is 47.0 Å². The van der Waals surface area contributed by atoms with Gasteiger partial charge in [-0.05, 0) is 125 Å². The van der Waals surface area contributed by atoms with E-state index in [9.17, 15) is 9.59 Å². The van der Waals surface area contributed by atoms with Crippen LogP contribution in [0.15, 0.2) is 36.4 Å². The summed E-state index contributed by atoms with van der Waals surface area (Å²) >= 11 is 3.65. The topological polar surface area (TPSA) is 128 Å². The third-order valence-electron chi connectivity index (χ3n) is 7.24. The summed E-state index contributed by atoms with van der Waals surface area (Å²) in [4.78, 5) is 41.6. The summed E-state index contributed by atoms with van der Waals surface area (Å²) in [5.41, 5.74) is 2.13. The average Bonchev–Trinajstić information content (AvgIpc) is 3.10. The number of halogens is 2. The van der Waals surface area contributed by atoms with E-state index < -0.39 is 0 Å². The Balaban J connectivity index is -0.000000330. The van der Waals surface area contributed by atoms with Gasteiger partial charge in [-0.1, -0.05) is 38.5 Å². The fourth-order valence-corrected chi connectivity index (χ4v) is 5.88. The van der Waals surface area contributed by atoms with E-state index in [1.165, 1.54) is 115 Å². The van der Waals surface area contributed by atoms with Gasteiger partial charge in [0.05, 0.1) is 17.8 Å². The van der Waals surface area contributed by atoms with Gasteiger partial charge < -0.3 is 53.1 Å². The first-order valence-corrected chi connectivity index (χ1v) is 19.0. The van der Waals surface area contributed by atoms with Crippen molar-refractivity contribution in [2.75, 3.05) is 14.2 Å². The van der Waals surface area contributed by atoms with E-state index in [4.69, 9.17) is 22.5 Å². The Bertz CT molecular complexity index is 1280. The van der Waals surface area contributed by atoms with Crippen LogP contribution < -0.4 is 37.1 Å². The Morgan fingerprint density at radius 1 is 0.736 bits per heavy atom. The summed E-state index contributed by atoms with van der Waals surface area (Å²) in [6, 6.07) is 11.2. The summed E-state index contributed by atoms with van der Waals surface area (Å²) in [5.74, 6) is 2.15. The van der Waals surface area contributed by atoms with Crippen LogP contribution >= 0.6 is 22.6 Å². The number of benzene rings is 2. The average molecular weight is 1060 g/mol. The quantitative estimate of drug-likeness (QED) is 0.203. The number of ether oxygens (including phenoxy) is 2. The largest absolute Gasteiger partial charge is 2.00 e. The third kappa shape index (κ3) is 28.7. The Hall–Kier alpha value is -1.38. The van der Waals surface area contributed by atoms with Crippen LogP contribution in [0.5, 0.6) is 11.5 Å². The molecule has 0 radical (unpaired) electrons. The molecule has 2 aromatic rings. The Morgan fingerprint density at radius 3 is 1.43 bits per heavy atom. The monoisotopic (exact) mass is 1060 g/mol. The zero-order valence-corrected chi connectivity index (χ0v) is 41.6. The van der Waals surface area contributed by atoms with Gasteiger partial charge >= 0.3 is 42.1 Å².